The fourth-order valence-electron chi connectivity index (χ4n) is 1.97. The van der Waals surface area contributed by atoms with Gasteiger partial charge in [0.2, 0.25) is 0 Å². The molecule has 0 saturated heterocycles. The van der Waals surface area contributed by atoms with Crippen molar-refractivity contribution < 1.29 is 14.2 Å². The van der Waals surface area contributed by atoms with Crippen molar-refractivity contribution in [2.45, 2.75) is 20.1 Å². The summed E-state index contributed by atoms with van der Waals surface area (Å²) in [5, 5.41) is 12.8. The molecule has 2 N–H and O–H groups in total. The van der Waals surface area contributed by atoms with Gasteiger partial charge >= 0.3 is 0 Å². The van der Waals surface area contributed by atoms with Crippen LogP contribution in [0.15, 0.2) is 36.4 Å². The van der Waals surface area contributed by atoms with E-state index in [1.807, 2.05) is 13.0 Å². The molecule has 112 valence electrons. The van der Waals surface area contributed by atoms with Gasteiger partial charge in [-0.3, -0.25) is 0 Å². The Hall–Kier alpha value is -1.78. The van der Waals surface area contributed by atoms with Crippen molar-refractivity contribution >= 4 is 17.3 Å². The maximum atomic E-state index is 13.7. The summed E-state index contributed by atoms with van der Waals surface area (Å²) in [4.78, 5) is 0. The van der Waals surface area contributed by atoms with Crippen molar-refractivity contribution in [1.29, 1.82) is 0 Å². The zero-order chi connectivity index (χ0) is 15.2. The van der Waals surface area contributed by atoms with E-state index in [4.69, 9.17) is 16.3 Å². The van der Waals surface area contributed by atoms with Gasteiger partial charge in [0.25, 0.3) is 0 Å². The number of aliphatic hydroxyl groups excluding tert-OH is 1. The molecule has 0 aromatic heterocycles. The highest BCUT2D eigenvalue weighted by atomic mass is 35.5. The predicted molar refractivity (Wildman–Crippen MR) is 82.3 cm³/mol. The van der Waals surface area contributed by atoms with Crippen LogP contribution in [-0.2, 0) is 13.2 Å². The molecule has 0 bridgehead atoms. The summed E-state index contributed by atoms with van der Waals surface area (Å²) in [6, 6.07) is 9.99. The number of hydrogen-bond acceptors (Lipinski definition) is 3. The van der Waals surface area contributed by atoms with Crippen molar-refractivity contribution in [3.8, 4) is 5.75 Å². The lowest BCUT2D eigenvalue weighted by Crippen LogP contribution is -2.03. The van der Waals surface area contributed by atoms with Crippen molar-refractivity contribution in [3.63, 3.8) is 0 Å². The van der Waals surface area contributed by atoms with Crippen LogP contribution < -0.4 is 10.1 Å². The van der Waals surface area contributed by atoms with Crippen LogP contribution in [0.4, 0.5) is 10.1 Å². The first-order valence-corrected chi connectivity index (χ1v) is 7.06. The molecule has 0 radical (unpaired) electrons. The SMILES string of the molecule is CCOc1ccc(NCc2ccc(Cl)cc2F)cc1CO. The van der Waals surface area contributed by atoms with Crippen LogP contribution in [0.5, 0.6) is 5.75 Å². The zero-order valence-electron chi connectivity index (χ0n) is 11.7. The average molecular weight is 310 g/mol. The minimum Gasteiger partial charge on any atom is -0.494 e. The Balaban J connectivity index is 2.09. The van der Waals surface area contributed by atoms with E-state index in [0.717, 1.165) is 5.69 Å². The quantitative estimate of drug-likeness (QED) is 0.848. The van der Waals surface area contributed by atoms with Gasteiger partial charge in [-0.25, -0.2) is 4.39 Å². The largest absolute Gasteiger partial charge is 0.494 e. The number of rotatable bonds is 6. The van der Waals surface area contributed by atoms with Crippen LogP contribution in [0.25, 0.3) is 0 Å². The van der Waals surface area contributed by atoms with Gasteiger partial charge in [0.05, 0.1) is 13.2 Å². The van der Waals surface area contributed by atoms with E-state index in [-0.39, 0.29) is 12.4 Å². The molecule has 21 heavy (non-hydrogen) atoms. The first-order valence-electron chi connectivity index (χ1n) is 6.68. The lowest BCUT2D eigenvalue weighted by Gasteiger charge is -2.12. The normalized spacial score (nSPS) is 10.5. The third kappa shape index (κ3) is 4.09. The molecular formula is C16H17ClFNO2. The van der Waals surface area contributed by atoms with E-state index in [9.17, 15) is 9.50 Å². The van der Waals surface area contributed by atoms with Crippen LogP contribution in [0.1, 0.15) is 18.1 Å². The Morgan fingerprint density at radius 1 is 1.19 bits per heavy atom. The number of hydrogen-bond donors (Lipinski definition) is 2. The second kappa shape index (κ2) is 7.29. The number of anilines is 1. The van der Waals surface area contributed by atoms with Gasteiger partial charge in [0, 0.05) is 28.4 Å². The molecule has 0 unspecified atom stereocenters. The van der Waals surface area contributed by atoms with Gasteiger partial charge < -0.3 is 15.2 Å². The predicted octanol–water partition coefficient (Wildman–Crippen LogP) is 3.98. The van der Waals surface area contributed by atoms with Crippen molar-refractivity contribution in [3.05, 3.63) is 58.4 Å². The Morgan fingerprint density at radius 2 is 2.00 bits per heavy atom. The molecular weight excluding hydrogens is 293 g/mol. The van der Waals surface area contributed by atoms with Crippen molar-refractivity contribution in [2.75, 3.05) is 11.9 Å². The van der Waals surface area contributed by atoms with Crippen molar-refractivity contribution in [2.24, 2.45) is 0 Å². The topological polar surface area (TPSA) is 41.5 Å². The summed E-state index contributed by atoms with van der Waals surface area (Å²) >= 11 is 5.72. The first-order chi connectivity index (χ1) is 10.1. The number of ether oxygens (including phenoxy) is 1. The third-order valence-corrected chi connectivity index (χ3v) is 3.26. The summed E-state index contributed by atoms with van der Waals surface area (Å²) < 4.78 is 19.1. The molecule has 0 fully saturated rings. The molecule has 0 amide bonds. The van der Waals surface area contributed by atoms with Gasteiger partial charge in [0.1, 0.15) is 11.6 Å². The summed E-state index contributed by atoms with van der Waals surface area (Å²) in [6.45, 7) is 2.65. The summed E-state index contributed by atoms with van der Waals surface area (Å²) in [5.41, 5.74) is 2.01. The highest BCUT2D eigenvalue weighted by molar-refractivity contribution is 6.30. The summed E-state index contributed by atoms with van der Waals surface area (Å²) in [6.07, 6.45) is 0. The molecule has 0 spiro atoms. The number of benzene rings is 2. The molecule has 2 aromatic rings. The number of aliphatic hydroxyl groups is 1. The lowest BCUT2D eigenvalue weighted by atomic mass is 10.1. The van der Waals surface area contributed by atoms with Gasteiger partial charge in [-0.15, -0.1) is 0 Å². The molecule has 0 aliphatic heterocycles. The van der Waals surface area contributed by atoms with E-state index in [0.29, 0.717) is 35.1 Å². The van der Waals surface area contributed by atoms with Gasteiger partial charge in [-0.2, -0.15) is 0 Å². The standard InChI is InChI=1S/C16H17ClFNO2/c1-2-21-16-6-5-14(7-12(16)10-20)19-9-11-3-4-13(17)8-15(11)18/h3-8,19-20H,2,9-10H2,1H3. The fourth-order valence-corrected chi connectivity index (χ4v) is 2.13. The molecule has 0 aliphatic carbocycles. The number of nitrogens with one attached hydrogen (secondary N) is 1. The summed E-state index contributed by atoms with van der Waals surface area (Å²) in [7, 11) is 0. The van der Waals surface area contributed by atoms with Crippen LogP contribution in [0.2, 0.25) is 5.02 Å². The fraction of sp³-hybridized carbons (Fsp3) is 0.250. The molecule has 0 aliphatic rings. The lowest BCUT2D eigenvalue weighted by molar-refractivity contribution is 0.267. The Labute approximate surface area is 128 Å². The Bertz CT molecular complexity index is 619. The van der Waals surface area contributed by atoms with E-state index >= 15 is 0 Å². The molecule has 0 saturated carbocycles. The number of halogens is 2. The molecule has 0 atom stereocenters. The van der Waals surface area contributed by atoms with E-state index in [1.165, 1.54) is 6.07 Å². The van der Waals surface area contributed by atoms with Crippen LogP contribution in [0, 0.1) is 5.82 Å². The first kappa shape index (κ1) is 15.6. The molecule has 3 nitrogen and oxygen atoms in total. The van der Waals surface area contributed by atoms with E-state index in [1.54, 1.807) is 24.3 Å². The van der Waals surface area contributed by atoms with E-state index in [2.05, 4.69) is 5.32 Å². The van der Waals surface area contributed by atoms with Crippen LogP contribution in [-0.4, -0.2) is 11.7 Å². The van der Waals surface area contributed by atoms with Crippen LogP contribution >= 0.6 is 11.6 Å². The Morgan fingerprint density at radius 3 is 2.67 bits per heavy atom. The molecule has 2 aromatic carbocycles. The molecule has 0 heterocycles. The van der Waals surface area contributed by atoms with Crippen LogP contribution in [0.3, 0.4) is 0 Å². The molecule has 5 heteroatoms. The van der Waals surface area contributed by atoms with E-state index < -0.39 is 0 Å². The molecule has 2 rings (SSSR count). The van der Waals surface area contributed by atoms with Gasteiger partial charge in [0.15, 0.2) is 0 Å². The maximum absolute atomic E-state index is 13.7. The maximum Gasteiger partial charge on any atom is 0.129 e. The zero-order valence-corrected chi connectivity index (χ0v) is 12.5. The third-order valence-electron chi connectivity index (χ3n) is 3.03. The van der Waals surface area contributed by atoms with Crippen molar-refractivity contribution in [1.82, 2.24) is 0 Å². The average Bonchev–Trinajstić information content (AvgIpc) is 2.47. The minimum atomic E-state index is -0.344. The van der Waals surface area contributed by atoms with Gasteiger partial charge in [-0.05, 0) is 37.3 Å². The second-order valence-corrected chi connectivity index (χ2v) is 4.94. The highest BCUT2D eigenvalue weighted by Gasteiger charge is 2.06. The summed E-state index contributed by atoms with van der Waals surface area (Å²) in [5.74, 6) is 0.312. The van der Waals surface area contributed by atoms with Gasteiger partial charge in [-0.1, -0.05) is 17.7 Å². The monoisotopic (exact) mass is 309 g/mol. The Kier molecular flexibility index (Phi) is 5.42. The smallest absolute Gasteiger partial charge is 0.129 e. The highest BCUT2D eigenvalue weighted by Crippen LogP contribution is 2.24. The minimum absolute atomic E-state index is 0.111. The second-order valence-electron chi connectivity index (χ2n) is 4.50.